The van der Waals surface area contributed by atoms with Crippen molar-refractivity contribution in [2.24, 2.45) is 5.41 Å². The maximum atomic E-state index is 12.5. The van der Waals surface area contributed by atoms with Gasteiger partial charge in [0.15, 0.2) is 11.6 Å². The number of hydrogen-bond donors (Lipinski definition) is 0. The standard InChI is InChI=1S/C16H15NO2S/c1-10-9-11(20-17-10)6-7-12-14(18)13-5-3-4-8-16(13,2)15(12)19/h3-5,7,9H,6,8H2,1-2H3/b12-7-. The number of hydrogen-bond acceptors (Lipinski definition) is 4. The van der Waals surface area contributed by atoms with Crippen LogP contribution in [0.4, 0.5) is 0 Å². The Morgan fingerprint density at radius 2 is 2.25 bits per heavy atom. The molecule has 1 aromatic heterocycles. The van der Waals surface area contributed by atoms with E-state index in [1.807, 2.05) is 32.1 Å². The number of fused-ring (bicyclic) bond motifs is 1. The van der Waals surface area contributed by atoms with Crippen LogP contribution >= 0.6 is 11.5 Å². The van der Waals surface area contributed by atoms with E-state index < -0.39 is 5.41 Å². The molecule has 0 aromatic carbocycles. The van der Waals surface area contributed by atoms with Crippen molar-refractivity contribution in [1.29, 1.82) is 0 Å². The largest absolute Gasteiger partial charge is 0.293 e. The predicted octanol–water partition coefficient (Wildman–Crippen LogP) is 2.96. The van der Waals surface area contributed by atoms with Crippen LogP contribution in [0.15, 0.2) is 41.5 Å². The predicted molar refractivity (Wildman–Crippen MR) is 78.6 cm³/mol. The zero-order valence-electron chi connectivity index (χ0n) is 11.5. The number of allylic oxidation sites excluding steroid dienone is 6. The van der Waals surface area contributed by atoms with Crippen LogP contribution in [0.1, 0.15) is 23.9 Å². The number of aryl methyl sites for hydroxylation is 1. The molecule has 1 atom stereocenters. The third-order valence-corrected chi connectivity index (χ3v) is 4.84. The first-order valence-electron chi connectivity index (χ1n) is 6.61. The number of rotatable bonds is 2. The molecule has 2 aliphatic rings. The topological polar surface area (TPSA) is 47.0 Å². The fourth-order valence-corrected chi connectivity index (χ4v) is 3.44. The molecule has 0 N–H and O–H groups in total. The lowest BCUT2D eigenvalue weighted by Crippen LogP contribution is -2.24. The minimum absolute atomic E-state index is 0.0423. The zero-order chi connectivity index (χ0) is 14.3. The van der Waals surface area contributed by atoms with Gasteiger partial charge < -0.3 is 0 Å². The average Bonchev–Trinajstić information content (AvgIpc) is 2.91. The first kappa shape index (κ1) is 13.2. The highest BCUT2D eigenvalue weighted by Gasteiger charge is 2.50. The molecule has 2 aliphatic carbocycles. The van der Waals surface area contributed by atoms with E-state index >= 15 is 0 Å². The number of nitrogens with zero attached hydrogens (tertiary/aromatic N) is 1. The van der Waals surface area contributed by atoms with Crippen LogP contribution in [-0.2, 0) is 16.0 Å². The Labute approximate surface area is 121 Å². The summed E-state index contributed by atoms with van der Waals surface area (Å²) >= 11 is 1.42. The second-order valence-electron chi connectivity index (χ2n) is 5.46. The molecule has 102 valence electrons. The van der Waals surface area contributed by atoms with Gasteiger partial charge in [-0.2, -0.15) is 4.37 Å². The van der Waals surface area contributed by atoms with E-state index in [0.29, 0.717) is 24.0 Å². The van der Waals surface area contributed by atoms with Crippen molar-refractivity contribution in [2.45, 2.75) is 26.7 Å². The number of aromatic nitrogens is 1. The summed E-state index contributed by atoms with van der Waals surface area (Å²) in [6.07, 6.45) is 8.56. The fourth-order valence-electron chi connectivity index (χ4n) is 2.75. The number of carbonyl (C=O) groups excluding carboxylic acids is 2. The lowest BCUT2D eigenvalue weighted by molar-refractivity contribution is -0.121. The van der Waals surface area contributed by atoms with Crippen molar-refractivity contribution in [3.8, 4) is 0 Å². The molecule has 0 bridgehead atoms. The van der Waals surface area contributed by atoms with E-state index in [2.05, 4.69) is 4.37 Å². The van der Waals surface area contributed by atoms with Gasteiger partial charge in [-0.25, -0.2) is 0 Å². The van der Waals surface area contributed by atoms with Crippen LogP contribution in [0.2, 0.25) is 0 Å². The zero-order valence-corrected chi connectivity index (χ0v) is 12.3. The molecule has 0 saturated heterocycles. The van der Waals surface area contributed by atoms with Crippen LogP contribution in [0.5, 0.6) is 0 Å². The van der Waals surface area contributed by atoms with Gasteiger partial charge in [0, 0.05) is 16.9 Å². The molecule has 0 spiro atoms. The minimum atomic E-state index is -0.652. The molecule has 0 radical (unpaired) electrons. The Hall–Kier alpha value is -1.81. The Morgan fingerprint density at radius 3 is 2.90 bits per heavy atom. The van der Waals surface area contributed by atoms with E-state index in [9.17, 15) is 9.59 Å². The van der Waals surface area contributed by atoms with Gasteiger partial charge in [-0.05, 0) is 37.9 Å². The molecule has 20 heavy (non-hydrogen) atoms. The van der Waals surface area contributed by atoms with Crippen molar-refractivity contribution in [2.75, 3.05) is 0 Å². The molecule has 4 heteroatoms. The second kappa shape index (κ2) is 4.63. The van der Waals surface area contributed by atoms with E-state index in [1.165, 1.54) is 11.5 Å². The number of carbonyl (C=O) groups is 2. The van der Waals surface area contributed by atoms with Gasteiger partial charge >= 0.3 is 0 Å². The van der Waals surface area contributed by atoms with E-state index in [4.69, 9.17) is 0 Å². The first-order valence-corrected chi connectivity index (χ1v) is 7.39. The van der Waals surface area contributed by atoms with Gasteiger partial charge in [0.2, 0.25) is 0 Å². The van der Waals surface area contributed by atoms with Crippen LogP contribution in [-0.4, -0.2) is 15.9 Å². The number of Topliss-reactive ketones (excluding diaryl/α,β-unsaturated/α-hetero) is 2. The van der Waals surface area contributed by atoms with Crippen molar-refractivity contribution < 1.29 is 9.59 Å². The summed E-state index contributed by atoms with van der Waals surface area (Å²) in [5.41, 5.74) is 1.30. The molecule has 1 saturated carbocycles. The van der Waals surface area contributed by atoms with Crippen molar-refractivity contribution in [1.82, 2.24) is 4.37 Å². The quantitative estimate of drug-likeness (QED) is 0.620. The van der Waals surface area contributed by atoms with Crippen LogP contribution < -0.4 is 0 Å². The third kappa shape index (κ3) is 1.91. The lowest BCUT2D eigenvalue weighted by atomic mass is 9.78. The molecular formula is C16H15NO2S. The fraction of sp³-hybridized carbons (Fsp3) is 0.312. The van der Waals surface area contributed by atoms with E-state index in [-0.39, 0.29) is 11.6 Å². The monoisotopic (exact) mass is 285 g/mol. The van der Waals surface area contributed by atoms with Crippen LogP contribution in [0.25, 0.3) is 0 Å². The third-order valence-electron chi connectivity index (χ3n) is 3.94. The SMILES string of the molecule is Cc1cc(C/C=C2/C(=O)C3=CC=CCC3(C)C2=O)sn1. The van der Waals surface area contributed by atoms with Gasteiger partial charge in [-0.3, -0.25) is 9.59 Å². The van der Waals surface area contributed by atoms with Crippen LogP contribution in [0, 0.1) is 12.3 Å². The molecule has 0 aliphatic heterocycles. The van der Waals surface area contributed by atoms with E-state index in [1.54, 1.807) is 12.2 Å². The molecule has 1 unspecified atom stereocenters. The van der Waals surface area contributed by atoms with E-state index in [0.717, 1.165) is 10.6 Å². The summed E-state index contributed by atoms with van der Waals surface area (Å²) in [5.74, 6) is -0.151. The average molecular weight is 285 g/mol. The molecule has 3 rings (SSSR count). The molecule has 3 nitrogen and oxygen atoms in total. The van der Waals surface area contributed by atoms with Gasteiger partial charge in [0.05, 0.1) is 16.7 Å². The summed E-state index contributed by atoms with van der Waals surface area (Å²) in [5, 5.41) is 0. The highest BCUT2D eigenvalue weighted by molar-refractivity contribution is 7.05. The molecular weight excluding hydrogens is 270 g/mol. The second-order valence-corrected chi connectivity index (χ2v) is 6.35. The highest BCUT2D eigenvalue weighted by Crippen LogP contribution is 2.45. The lowest BCUT2D eigenvalue weighted by Gasteiger charge is -2.22. The Kier molecular flexibility index (Phi) is 3.05. The molecule has 0 amide bonds. The van der Waals surface area contributed by atoms with Crippen molar-refractivity contribution >= 4 is 23.1 Å². The van der Waals surface area contributed by atoms with Gasteiger partial charge in [-0.15, -0.1) is 0 Å². The Balaban J connectivity index is 1.92. The minimum Gasteiger partial charge on any atom is -0.293 e. The van der Waals surface area contributed by atoms with Gasteiger partial charge in [-0.1, -0.05) is 24.3 Å². The Bertz CT molecular complexity index is 693. The number of ketones is 2. The summed E-state index contributed by atoms with van der Waals surface area (Å²) in [4.78, 5) is 26.0. The smallest absolute Gasteiger partial charge is 0.193 e. The van der Waals surface area contributed by atoms with Crippen LogP contribution in [0.3, 0.4) is 0 Å². The summed E-state index contributed by atoms with van der Waals surface area (Å²) < 4.78 is 4.21. The normalized spacial score (nSPS) is 27.1. The summed E-state index contributed by atoms with van der Waals surface area (Å²) in [6.45, 7) is 3.80. The molecule has 1 aromatic rings. The first-order chi connectivity index (χ1) is 9.52. The maximum Gasteiger partial charge on any atom is 0.193 e. The van der Waals surface area contributed by atoms with Crippen molar-refractivity contribution in [3.05, 3.63) is 52.1 Å². The summed E-state index contributed by atoms with van der Waals surface area (Å²) in [7, 11) is 0. The van der Waals surface area contributed by atoms with Gasteiger partial charge in [0.1, 0.15) is 0 Å². The van der Waals surface area contributed by atoms with Crippen molar-refractivity contribution in [3.63, 3.8) is 0 Å². The summed E-state index contributed by atoms with van der Waals surface area (Å²) in [6, 6.07) is 1.99. The Morgan fingerprint density at radius 1 is 1.45 bits per heavy atom. The molecule has 1 heterocycles. The highest BCUT2D eigenvalue weighted by atomic mass is 32.1. The molecule has 1 fully saturated rings. The maximum absolute atomic E-state index is 12.5. The van der Waals surface area contributed by atoms with Gasteiger partial charge in [0.25, 0.3) is 0 Å².